The molecule has 86 valence electrons. The van der Waals surface area contributed by atoms with Gasteiger partial charge in [0.15, 0.2) is 5.65 Å². The first-order valence-corrected chi connectivity index (χ1v) is 5.59. The molecular weight excluding hydrogens is 214 g/mol. The van der Waals surface area contributed by atoms with Gasteiger partial charge in [0.1, 0.15) is 11.3 Å². The summed E-state index contributed by atoms with van der Waals surface area (Å²) in [7, 11) is 0. The number of aromatic nitrogens is 3. The van der Waals surface area contributed by atoms with E-state index in [0.717, 1.165) is 30.7 Å². The number of nitrogens with zero attached hydrogens (tertiary/aromatic N) is 4. The topological polar surface area (TPSA) is 74.5 Å². The molecule has 1 N–H and O–H groups in total. The molecule has 0 aliphatic heterocycles. The number of nitriles is 1. The minimum atomic E-state index is 0.609. The average Bonchev–Trinajstić information content (AvgIpc) is 2.38. The molecule has 2 rings (SSSR count). The number of rotatable bonds is 5. The third-order valence-corrected chi connectivity index (χ3v) is 2.35. The van der Waals surface area contributed by atoms with Crippen molar-refractivity contribution in [3.05, 3.63) is 24.5 Å². The normalized spacial score (nSPS) is 10.1. The minimum Gasteiger partial charge on any atom is -0.370 e. The molecule has 0 atom stereocenters. The summed E-state index contributed by atoms with van der Waals surface area (Å²) in [6.07, 6.45) is 5.77. The summed E-state index contributed by atoms with van der Waals surface area (Å²) in [5.41, 5.74) is 1.44. The summed E-state index contributed by atoms with van der Waals surface area (Å²) in [4.78, 5) is 12.6. The van der Waals surface area contributed by atoms with Gasteiger partial charge in [-0.15, -0.1) is 0 Å². The fraction of sp³-hybridized carbons (Fsp3) is 0.333. The maximum absolute atomic E-state index is 8.40. The molecular formula is C12H13N5. The number of pyridine rings is 1. The van der Waals surface area contributed by atoms with Crippen LogP contribution >= 0.6 is 0 Å². The highest BCUT2D eigenvalue weighted by atomic mass is 15.0. The lowest BCUT2D eigenvalue weighted by Gasteiger charge is -2.04. The maximum Gasteiger partial charge on any atom is 0.180 e. The first-order valence-electron chi connectivity index (χ1n) is 5.59. The van der Waals surface area contributed by atoms with Gasteiger partial charge in [-0.05, 0) is 25.0 Å². The van der Waals surface area contributed by atoms with Crippen LogP contribution in [-0.4, -0.2) is 21.5 Å². The second-order valence-corrected chi connectivity index (χ2v) is 3.64. The van der Waals surface area contributed by atoms with Crippen molar-refractivity contribution in [2.45, 2.75) is 19.3 Å². The first kappa shape index (κ1) is 11.3. The Balaban J connectivity index is 1.93. The molecule has 5 heteroatoms. The van der Waals surface area contributed by atoms with Crippen molar-refractivity contribution < 1.29 is 0 Å². The van der Waals surface area contributed by atoms with E-state index in [1.54, 1.807) is 12.4 Å². The average molecular weight is 227 g/mol. The van der Waals surface area contributed by atoms with Gasteiger partial charge < -0.3 is 5.32 Å². The van der Waals surface area contributed by atoms with E-state index in [1.807, 2.05) is 12.1 Å². The van der Waals surface area contributed by atoms with Gasteiger partial charge in [-0.1, -0.05) is 0 Å². The van der Waals surface area contributed by atoms with Crippen molar-refractivity contribution in [2.75, 3.05) is 11.9 Å². The molecule has 0 fully saturated rings. The lowest BCUT2D eigenvalue weighted by molar-refractivity contribution is 0.783. The van der Waals surface area contributed by atoms with Crippen LogP contribution in [0, 0.1) is 11.3 Å². The summed E-state index contributed by atoms with van der Waals surface area (Å²) in [5, 5.41) is 11.6. The maximum atomic E-state index is 8.40. The van der Waals surface area contributed by atoms with E-state index in [0.29, 0.717) is 12.1 Å². The smallest absolute Gasteiger partial charge is 0.180 e. The Bertz CT molecular complexity index is 532. The molecule has 0 aromatic carbocycles. The molecule has 2 heterocycles. The molecule has 5 nitrogen and oxygen atoms in total. The molecule has 0 saturated heterocycles. The quantitative estimate of drug-likeness (QED) is 0.792. The van der Waals surface area contributed by atoms with E-state index in [9.17, 15) is 0 Å². The van der Waals surface area contributed by atoms with Crippen molar-refractivity contribution in [1.29, 1.82) is 5.26 Å². The van der Waals surface area contributed by atoms with Gasteiger partial charge >= 0.3 is 0 Å². The van der Waals surface area contributed by atoms with Gasteiger partial charge in [0, 0.05) is 25.4 Å². The van der Waals surface area contributed by atoms with E-state index in [1.165, 1.54) is 0 Å². The largest absolute Gasteiger partial charge is 0.370 e. The van der Waals surface area contributed by atoms with Crippen molar-refractivity contribution >= 4 is 17.0 Å². The number of hydrogen-bond donors (Lipinski definition) is 1. The number of hydrogen-bond acceptors (Lipinski definition) is 5. The predicted octanol–water partition coefficient (Wildman–Crippen LogP) is 2.13. The van der Waals surface area contributed by atoms with Gasteiger partial charge in [-0.3, -0.25) is 4.98 Å². The summed E-state index contributed by atoms with van der Waals surface area (Å²) in [5.74, 6) is 0.801. The van der Waals surface area contributed by atoms with E-state index in [4.69, 9.17) is 5.26 Å². The predicted molar refractivity (Wildman–Crippen MR) is 65.3 cm³/mol. The van der Waals surface area contributed by atoms with E-state index < -0.39 is 0 Å². The summed E-state index contributed by atoms with van der Waals surface area (Å²) < 4.78 is 0. The van der Waals surface area contributed by atoms with Gasteiger partial charge in [0.2, 0.25) is 0 Å². The summed E-state index contributed by atoms with van der Waals surface area (Å²) >= 11 is 0. The molecule has 0 bridgehead atoms. The molecule has 0 aliphatic carbocycles. The Kier molecular flexibility index (Phi) is 3.81. The molecule has 0 unspecified atom stereocenters. The van der Waals surface area contributed by atoms with Crippen LogP contribution in [0.5, 0.6) is 0 Å². The molecule has 17 heavy (non-hydrogen) atoms. The van der Waals surface area contributed by atoms with Gasteiger partial charge in [-0.25, -0.2) is 9.97 Å². The number of fused-ring (bicyclic) bond motifs is 1. The fourth-order valence-electron chi connectivity index (χ4n) is 1.50. The summed E-state index contributed by atoms with van der Waals surface area (Å²) in [6, 6.07) is 5.91. The van der Waals surface area contributed by atoms with Crippen molar-refractivity contribution in [3.8, 4) is 6.07 Å². The Hall–Kier alpha value is -2.22. The highest BCUT2D eigenvalue weighted by Gasteiger charge is 1.98. The Morgan fingerprint density at radius 3 is 2.94 bits per heavy atom. The zero-order valence-corrected chi connectivity index (χ0v) is 9.43. The van der Waals surface area contributed by atoms with Crippen LogP contribution in [0.1, 0.15) is 19.3 Å². The van der Waals surface area contributed by atoms with Crippen molar-refractivity contribution in [3.63, 3.8) is 0 Å². The molecule has 0 aliphatic rings. The number of nitrogens with one attached hydrogen (secondary N) is 1. The van der Waals surface area contributed by atoms with Crippen LogP contribution < -0.4 is 5.32 Å². The second-order valence-electron chi connectivity index (χ2n) is 3.64. The van der Waals surface area contributed by atoms with Crippen LogP contribution in [0.25, 0.3) is 11.2 Å². The van der Waals surface area contributed by atoms with Gasteiger partial charge in [0.25, 0.3) is 0 Å². The highest BCUT2D eigenvalue weighted by Crippen LogP contribution is 2.10. The zero-order valence-electron chi connectivity index (χ0n) is 9.43. The first-order chi connectivity index (χ1) is 8.40. The van der Waals surface area contributed by atoms with Crippen LogP contribution in [-0.2, 0) is 0 Å². The zero-order chi connectivity index (χ0) is 11.9. The molecule has 0 radical (unpaired) electrons. The molecule has 2 aromatic heterocycles. The standard InChI is InChI=1S/C12H13N5/c13-6-2-1-3-7-15-11-5-4-10-12(17-11)16-9-8-14-10/h4-5,8-9H,1-3,7H2,(H,15,16,17). The lowest BCUT2D eigenvalue weighted by atomic mass is 10.2. The van der Waals surface area contributed by atoms with E-state index >= 15 is 0 Å². The third kappa shape index (κ3) is 3.11. The molecule has 2 aromatic rings. The Labute approximate surface area is 99.5 Å². The van der Waals surface area contributed by atoms with Crippen molar-refractivity contribution in [1.82, 2.24) is 15.0 Å². The Morgan fingerprint density at radius 2 is 2.06 bits per heavy atom. The number of anilines is 1. The van der Waals surface area contributed by atoms with Gasteiger partial charge in [0.05, 0.1) is 6.07 Å². The summed E-state index contributed by atoms with van der Waals surface area (Å²) in [6.45, 7) is 0.820. The third-order valence-electron chi connectivity index (χ3n) is 2.35. The van der Waals surface area contributed by atoms with E-state index in [-0.39, 0.29) is 0 Å². The van der Waals surface area contributed by atoms with Gasteiger partial charge in [-0.2, -0.15) is 5.26 Å². The highest BCUT2D eigenvalue weighted by molar-refractivity contribution is 5.71. The van der Waals surface area contributed by atoms with Crippen molar-refractivity contribution in [2.24, 2.45) is 0 Å². The van der Waals surface area contributed by atoms with Crippen LogP contribution in [0.3, 0.4) is 0 Å². The molecule has 0 spiro atoms. The second kappa shape index (κ2) is 5.75. The minimum absolute atomic E-state index is 0.609. The Morgan fingerprint density at radius 1 is 1.18 bits per heavy atom. The number of unbranched alkanes of at least 4 members (excludes halogenated alkanes) is 2. The monoisotopic (exact) mass is 227 g/mol. The lowest BCUT2D eigenvalue weighted by Crippen LogP contribution is -2.03. The van der Waals surface area contributed by atoms with E-state index in [2.05, 4.69) is 26.3 Å². The molecule has 0 saturated carbocycles. The van der Waals surface area contributed by atoms with Crippen LogP contribution in [0.2, 0.25) is 0 Å². The van der Waals surface area contributed by atoms with Crippen LogP contribution in [0.4, 0.5) is 5.82 Å². The fourth-order valence-corrected chi connectivity index (χ4v) is 1.50. The molecule has 0 amide bonds. The van der Waals surface area contributed by atoms with Crippen LogP contribution in [0.15, 0.2) is 24.5 Å². The SMILES string of the molecule is N#CCCCCNc1ccc2nccnc2n1.